The summed E-state index contributed by atoms with van der Waals surface area (Å²) < 4.78 is 6.00. The van der Waals surface area contributed by atoms with Crippen LogP contribution in [0.5, 0.6) is 0 Å². The van der Waals surface area contributed by atoms with Gasteiger partial charge in [0.15, 0.2) is 0 Å². The minimum atomic E-state index is -0.414. The van der Waals surface area contributed by atoms with Crippen LogP contribution in [0.4, 0.5) is 0 Å². The van der Waals surface area contributed by atoms with E-state index in [0.717, 1.165) is 21.8 Å². The number of aromatic nitrogens is 2. The number of fused-ring (bicyclic) bond motifs is 2. The topological polar surface area (TPSA) is 75.6 Å². The normalized spacial score (nSPS) is 16.2. The Labute approximate surface area is 191 Å². The summed E-state index contributed by atoms with van der Waals surface area (Å²) in [5, 5.41) is 1.73. The van der Waals surface area contributed by atoms with Crippen molar-refractivity contribution in [2.45, 2.75) is 6.10 Å². The molecule has 1 atom stereocenters. The Hall–Kier alpha value is -3.84. The molecule has 0 saturated carbocycles. The smallest absolute Gasteiger partial charge is 0.254 e. The second-order valence-electron chi connectivity index (χ2n) is 8.33. The number of morpholine rings is 1. The quantitative estimate of drug-likeness (QED) is 0.486. The van der Waals surface area contributed by atoms with Gasteiger partial charge in [0.25, 0.3) is 11.8 Å². The van der Waals surface area contributed by atoms with E-state index < -0.39 is 6.10 Å². The summed E-state index contributed by atoms with van der Waals surface area (Å²) >= 11 is 0. The number of hydrogen-bond donors (Lipinski definition) is 0. The molecule has 1 aliphatic rings. The van der Waals surface area contributed by atoms with Crippen molar-refractivity contribution in [1.82, 2.24) is 19.8 Å². The second kappa shape index (κ2) is 8.60. The summed E-state index contributed by atoms with van der Waals surface area (Å²) in [6.07, 6.45) is 1.32. The van der Waals surface area contributed by atoms with Crippen molar-refractivity contribution in [3.05, 3.63) is 83.7 Å². The molecule has 1 fully saturated rings. The van der Waals surface area contributed by atoms with Gasteiger partial charge < -0.3 is 14.5 Å². The minimum absolute atomic E-state index is 0.0561. The first-order valence-corrected chi connectivity index (χ1v) is 10.9. The predicted octanol–water partition coefficient (Wildman–Crippen LogP) is 3.70. The van der Waals surface area contributed by atoms with Crippen molar-refractivity contribution in [1.29, 1.82) is 0 Å². The number of pyridine rings is 2. The highest BCUT2D eigenvalue weighted by atomic mass is 16.5. The molecule has 7 heteroatoms. The number of carbonyl (C=O) groups is 2. The van der Waals surface area contributed by atoms with Crippen molar-refractivity contribution in [3.8, 4) is 0 Å². The number of benzene rings is 2. The van der Waals surface area contributed by atoms with E-state index in [1.165, 1.54) is 0 Å². The SMILES string of the molecule is CN(C)C(=O)c1cc(C2CN(C(=O)c3ccc4ncccc4c3)CCO2)nc2ccccc12. The van der Waals surface area contributed by atoms with Crippen LogP contribution in [0.2, 0.25) is 0 Å². The van der Waals surface area contributed by atoms with Gasteiger partial charge in [-0.15, -0.1) is 0 Å². The molecule has 2 amide bonds. The van der Waals surface area contributed by atoms with Crippen LogP contribution < -0.4 is 0 Å². The van der Waals surface area contributed by atoms with E-state index >= 15 is 0 Å². The molecule has 1 aliphatic heterocycles. The number of para-hydroxylation sites is 1. The fraction of sp³-hybridized carbons (Fsp3) is 0.231. The van der Waals surface area contributed by atoms with E-state index in [1.807, 2.05) is 54.6 Å². The molecule has 1 saturated heterocycles. The van der Waals surface area contributed by atoms with Crippen LogP contribution in [-0.4, -0.2) is 65.4 Å². The molecule has 33 heavy (non-hydrogen) atoms. The molecule has 0 radical (unpaired) electrons. The zero-order chi connectivity index (χ0) is 22.9. The summed E-state index contributed by atoms with van der Waals surface area (Å²) in [5.41, 5.74) is 3.43. The molecule has 2 aromatic carbocycles. The standard InChI is InChI=1S/C26H24N4O3/c1-29(2)26(32)20-15-23(28-22-8-4-3-7-19(20)22)24-16-30(12-13-33-24)25(31)18-9-10-21-17(14-18)6-5-11-27-21/h3-11,14-15,24H,12-13,16H2,1-2H3. The molecule has 4 aromatic rings. The van der Waals surface area contributed by atoms with Gasteiger partial charge in [0, 0.05) is 43.2 Å². The van der Waals surface area contributed by atoms with Crippen LogP contribution in [-0.2, 0) is 4.74 Å². The first kappa shape index (κ1) is 21.0. The molecule has 7 nitrogen and oxygen atoms in total. The van der Waals surface area contributed by atoms with E-state index in [-0.39, 0.29) is 11.8 Å². The molecular weight excluding hydrogens is 416 g/mol. The van der Waals surface area contributed by atoms with Crippen molar-refractivity contribution in [3.63, 3.8) is 0 Å². The Balaban J connectivity index is 1.45. The van der Waals surface area contributed by atoms with Crippen LogP contribution in [0.25, 0.3) is 21.8 Å². The number of hydrogen-bond acceptors (Lipinski definition) is 5. The van der Waals surface area contributed by atoms with Gasteiger partial charge in [-0.2, -0.15) is 0 Å². The number of ether oxygens (including phenoxy) is 1. The predicted molar refractivity (Wildman–Crippen MR) is 126 cm³/mol. The van der Waals surface area contributed by atoms with Crippen LogP contribution in [0.15, 0.2) is 66.9 Å². The van der Waals surface area contributed by atoms with Crippen LogP contribution in [0.1, 0.15) is 32.5 Å². The largest absolute Gasteiger partial charge is 0.368 e. The number of rotatable bonds is 3. The highest BCUT2D eigenvalue weighted by molar-refractivity contribution is 6.06. The van der Waals surface area contributed by atoms with E-state index in [9.17, 15) is 9.59 Å². The molecule has 0 aliphatic carbocycles. The first-order valence-electron chi connectivity index (χ1n) is 10.9. The highest BCUT2D eigenvalue weighted by Gasteiger charge is 2.28. The van der Waals surface area contributed by atoms with Crippen molar-refractivity contribution < 1.29 is 14.3 Å². The van der Waals surface area contributed by atoms with Crippen LogP contribution in [0, 0.1) is 0 Å². The summed E-state index contributed by atoms with van der Waals surface area (Å²) in [6, 6.07) is 18.7. The Morgan fingerprint density at radius 3 is 2.73 bits per heavy atom. The second-order valence-corrected chi connectivity index (χ2v) is 8.33. The molecular formula is C26H24N4O3. The minimum Gasteiger partial charge on any atom is -0.368 e. The fourth-order valence-electron chi connectivity index (χ4n) is 4.18. The molecule has 1 unspecified atom stereocenters. The van der Waals surface area contributed by atoms with E-state index in [2.05, 4.69) is 4.98 Å². The average Bonchev–Trinajstić information content (AvgIpc) is 2.86. The van der Waals surface area contributed by atoms with Crippen molar-refractivity contribution >= 4 is 33.6 Å². The molecule has 3 heterocycles. The average molecular weight is 441 g/mol. The van der Waals surface area contributed by atoms with Gasteiger partial charge in [-0.25, -0.2) is 4.98 Å². The molecule has 166 valence electrons. The summed E-state index contributed by atoms with van der Waals surface area (Å²) in [7, 11) is 3.46. The third-order valence-electron chi connectivity index (χ3n) is 5.91. The summed E-state index contributed by atoms with van der Waals surface area (Å²) in [5.74, 6) is -0.150. The van der Waals surface area contributed by atoms with Gasteiger partial charge in [-0.05, 0) is 36.4 Å². The number of nitrogens with zero attached hydrogens (tertiary/aromatic N) is 4. The maximum atomic E-state index is 13.3. The first-order chi connectivity index (χ1) is 16.0. The van der Waals surface area contributed by atoms with E-state index in [0.29, 0.717) is 36.5 Å². The lowest BCUT2D eigenvalue weighted by Gasteiger charge is -2.33. The third-order valence-corrected chi connectivity index (χ3v) is 5.91. The molecule has 0 spiro atoms. The Bertz CT molecular complexity index is 1370. The lowest BCUT2D eigenvalue weighted by Crippen LogP contribution is -2.42. The van der Waals surface area contributed by atoms with Crippen LogP contribution >= 0.6 is 0 Å². The van der Waals surface area contributed by atoms with Gasteiger partial charge in [0.05, 0.1) is 35.4 Å². The number of carbonyl (C=O) groups excluding carboxylic acids is 2. The molecule has 0 bridgehead atoms. The monoisotopic (exact) mass is 440 g/mol. The number of amides is 2. The van der Waals surface area contributed by atoms with Gasteiger partial charge in [0.2, 0.25) is 0 Å². The Kier molecular flexibility index (Phi) is 5.48. The fourth-order valence-corrected chi connectivity index (χ4v) is 4.18. The lowest BCUT2D eigenvalue weighted by atomic mass is 10.0. The van der Waals surface area contributed by atoms with Crippen molar-refractivity contribution in [2.24, 2.45) is 0 Å². The van der Waals surface area contributed by atoms with E-state index in [4.69, 9.17) is 9.72 Å². The van der Waals surface area contributed by atoms with Gasteiger partial charge in [-0.1, -0.05) is 24.3 Å². The summed E-state index contributed by atoms with van der Waals surface area (Å²) in [4.78, 5) is 38.5. The Morgan fingerprint density at radius 2 is 1.88 bits per heavy atom. The lowest BCUT2D eigenvalue weighted by molar-refractivity contribution is -0.0246. The summed E-state index contributed by atoms with van der Waals surface area (Å²) in [6.45, 7) is 1.26. The molecule has 2 aromatic heterocycles. The van der Waals surface area contributed by atoms with E-state index in [1.54, 1.807) is 36.2 Å². The maximum absolute atomic E-state index is 13.3. The van der Waals surface area contributed by atoms with Gasteiger partial charge in [-0.3, -0.25) is 14.6 Å². The van der Waals surface area contributed by atoms with Crippen molar-refractivity contribution in [2.75, 3.05) is 33.8 Å². The molecule has 0 N–H and O–H groups in total. The zero-order valence-corrected chi connectivity index (χ0v) is 18.6. The van der Waals surface area contributed by atoms with Gasteiger partial charge >= 0.3 is 0 Å². The zero-order valence-electron chi connectivity index (χ0n) is 18.6. The molecule has 5 rings (SSSR count). The third kappa shape index (κ3) is 4.03. The van der Waals surface area contributed by atoms with Gasteiger partial charge in [0.1, 0.15) is 6.10 Å². The maximum Gasteiger partial charge on any atom is 0.254 e. The van der Waals surface area contributed by atoms with Crippen LogP contribution in [0.3, 0.4) is 0 Å². The Morgan fingerprint density at radius 1 is 1.03 bits per heavy atom. The highest BCUT2D eigenvalue weighted by Crippen LogP contribution is 2.27.